The molecule has 53 heavy (non-hydrogen) atoms. The van der Waals surface area contributed by atoms with Crippen LogP contribution in [-0.2, 0) is 21.7 Å². The van der Waals surface area contributed by atoms with Gasteiger partial charge in [0.1, 0.15) is 8.07 Å². The quantitative estimate of drug-likeness (QED) is 0.132. The van der Waals surface area contributed by atoms with Crippen molar-refractivity contribution < 1.29 is 58.9 Å². The Morgan fingerprint density at radius 2 is 0.717 bits per heavy atom. The van der Waals surface area contributed by atoms with Crippen LogP contribution in [0.1, 0.15) is 44.4 Å². The normalized spacial score (nSPS) is 15.0. The number of rotatable bonds is 7. The third kappa shape index (κ3) is 7.26. The van der Waals surface area contributed by atoms with Crippen molar-refractivity contribution in [3.05, 3.63) is 185 Å². The number of benzene rings is 6. The van der Waals surface area contributed by atoms with Gasteiger partial charge in [-0.25, -0.2) is 5.57 Å². The second-order valence-electron chi connectivity index (χ2n) is 14.0. The molecule has 0 aliphatic heterocycles. The fourth-order valence-corrected chi connectivity index (χ4v) is 15.5. The van der Waals surface area contributed by atoms with Gasteiger partial charge in [-0.15, -0.1) is 6.92 Å². The Hall–Kier alpha value is -3.40. The van der Waals surface area contributed by atoms with Gasteiger partial charge in [-0.3, -0.25) is 6.08 Å². The first-order valence-corrected chi connectivity index (χ1v) is 19.5. The van der Waals surface area contributed by atoms with E-state index in [1.165, 1.54) is 82.4 Å². The van der Waals surface area contributed by atoms with Gasteiger partial charge in [-0.2, -0.15) is 11.1 Å². The molecule has 0 saturated heterocycles. The van der Waals surface area contributed by atoms with Crippen molar-refractivity contribution in [2.24, 2.45) is 0 Å². The van der Waals surface area contributed by atoms with Crippen LogP contribution in [0.15, 0.2) is 162 Å². The molecule has 0 aromatic heterocycles. The van der Waals surface area contributed by atoms with Gasteiger partial charge < -0.3 is 37.2 Å². The summed E-state index contributed by atoms with van der Waals surface area (Å²) in [4.78, 5) is 0. The van der Waals surface area contributed by atoms with Crippen molar-refractivity contribution in [1.82, 2.24) is 0 Å². The van der Waals surface area contributed by atoms with Crippen molar-refractivity contribution in [3.8, 4) is 33.4 Å². The van der Waals surface area contributed by atoms with E-state index < -0.39 is 13.1 Å². The largest absolute Gasteiger partial charge is 4.00 e. The standard InChI is InChI=1S/C48H45Si.3ClH.Ti/c1-33-20-17-29-42(45(33)39-23-11-8-12-24-39)49(48(7)32-36(4)37(5)38(48)6,43-30-18-21-34(2)46(43)40-25-13-9-14-26-40)44-31-19-22-35(3)47(44)41-27-15-10-16-28-41;;;;/h8-31H,1-7H3;3*1H;/q-1;;;;+4/p-3. The van der Waals surface area contributed by atoms with Crippen LogP contribution in [0.2, 0.25) is 5.04 Å². The molecule has 0 N–H and O–H groups in total. The topological polar surface area (TPSA) is 0 Å². The zero-order valence-electron chi connectivity index (χ0n) is 31.5. The predicted molar refractivity (Wildman–Crippen MR) is 214 cm³/mol. The summed E-state index contributed by atoms with van der Waals surface area (Å²) in [6.45, 7) is 16.4. The summed E-state index contributed by atoms with van der Waals surface area (Å²) in [5.74, 6) is 0. The number of halogens is 3. The average Bonchev–Trinajstić information content (AvgIpc) is 3.32. The predicted octanol–water partition coefficient (Wildman–Crippen LogP) is 1.95. The van der Waals surface area contributed by atoms with Crippen molar-refractivity contribution in [2.45, 2.75) is 53.5 Å². The van der Waals surface area contributed by atoms with Crippen LogP contribution >= 0.6 is 0 Å². The molecule has 7 rings (SSSR count). The monoisotopic (exact) mass is 802 g/mol. The third-order valence-corrected chi connectivity index (χ3v) is 17.0. The molecule has 0 nitrogen and oxygen atoms in total. The van der Waals surface area contributed by atoms with Gasteiger partial charge in [0, 0.05) is 0 Å². The number of aryl methyl sites for hydroxylation is 3. The molecule has 5 heteroatoms. The van der Waals surface area contributed by atoms with Gasteiger partial charge in [0.15, 0.2) is 0 Å². The third-order valence-electron chi connectivity index (χ3n) is 11.3. The molecule has 1 unspecified atom stereocenters. The van der Waals surface area contributed by atoms with Gasteiger partial charge >= 0.3 is 21.7 Å². The first-order chi connectivity index (χ1) is 23.7. The van der Waals surface area contributed by atoms with E-state index >= 15 is 0 Å². The Morgan fingerprint density at radius 1 is 0.415 bits per heavy atom. The van der Waals surface area contributed by atoms with Gasteiger partial charge in [0.05, 0.1) is 0 Å². The molecular weight excluding hydrogens is 759 g/mol. The second-order valence-corrected chi connectivity index (χ2v) is 18.1. The van der Waals surface area contributed by atoms with E-state index in [9.17, 15) is 0 Å². The number of allylic oxidation sites excluding steroid dienone is 4. The van der Waals surface area contributed by atoms with Crippen LogP contribution in [0.3, 0.4) is 0 Å². The van der Waals surface area contributed by atoms with Crippen molar-refractivity contribution in [1.29, 1.82) is 0 Å². The molecule has 0 radical (unpaired) electrons. The molecule has 0 fully saturated rings. The van der Waals surface area contributed by atoms with E-state index in [1.807, 2.05) is 0 Å². The Bertz CT molecular complexity index is 2030. The first kappa shape index (κ1) is 44.0. The Labute approximate surface area is 352 Å². The number of hydrogen-bond acceptors (Lipinski definition) is 0. The molecule has 6 aromatic rings. The Morgan fingerprint density at radius 3 is 0.981 bits per heavy atom. The van der Waals surface area contributed by atoms with E-state index in [0.29, 0.717) is 0 Å². The van der Waals surface area contributed by atoms with E-state index in [0.717, 1.165) is 0 Å². The molecule has 0 saturated carbocycles. The summed E-state index contributed by atoms with van der Waals surface area (Å²) in [7, 11) is -3.23. The molecule has 0 spiro atoms. The number of hydrogen-bond donors (Lipinski definition) is 0. The summed E-state index contributed by atoms with van der Waals surface area (Å²) in [5, 5.41) is 3.89. The molecule has 1 aliphatic rings. The average molecular weight is 804 g/mol. The van der Waals surface area contributed by atoms with Crippen LogP contribution in [0.25, 0.3) is 33.4 Å². The van der Waals surface area contributed by atoms with Crippen molar-refractivity contribution >= 4 is 23.6 Å². The first-order valence-electron chi connectivity index (χ1n) is 17.5. The molecule has 266 valence electrons. The Balaban J connectivity index is 0.00000189. The zero-order chi connectivity index (χ0) is 34.3. The molecule has 6 aromatic carbocycles. The molecule has 0 bridgehead atoms. The summed E-state index contributed by atoms with van der Waals surface area (Å²) in [6, 6.07) is 54.4. The van der Waals surface area contributed by atoms with Crippen LogP contribution in [-0.4, -0.2) is 8.07 Å². The fourth-order valence-electron chi connectivity index (χ4n) is 8.74. The van der Waals surface area contributed by atoms with E-state index in [-0.39, 0.29) is 58.9 Å². The molecule has 1 atom stereocenters. The van der Waals surface area contributed by atoms with Crippen LogP contribution in [0.4, 0.5) is 0 Å². The second kappa shape index (κ2) is 17.8. The minimum Gasteiger partial charge on any atom is -1.00 e. The summed E-state index contributed by atoms with van der Waals surface area (Å²) >= 11 is 0. The van der Waals surface area contributed by atoms with Gasteiger partial charge in [-0.1, -0.05) is 171 Å². The van der Waals surface area contributed by atoms with Gasteiger partial charge in [0.2, 0.25) is 0 Å². The minimum absolute atomic E-state index is 0. The Kier molecular flexibility index (Phi) is 14.8. The van der Waals surface area contributed by atoms with Crippen molar-refractivity contribution in [2.75, 3.05) is 0 Å². The summed E-state index contributed by atoms with van der Waals surface area (Å²) < 4.78 is 0. The van der Waals surface area contributed by atoms with Crippen molar-refractivity contribution in [3.63, 3.8) is 0 Å². The molecular formula is C48H45Cl3SiTi. The maximum atomic E-state index is 4.26. The summed E-state index contributed by atoms with van der Waals surface area (Å²) in [6.07, 6.45) is 4.26. The fraction of sp³-hybridized carbons (Fsp3) is 0.167. The van der Waals surface area contributed by atoms with Gasteiger partial charge in [0.25, 0.3) is 0 Å². The smallest absolute Gasteiger partial charge is 1.00 e. The molecule has 1 aliphatic carbocycles. The molecule has 0 amide bonds. The van der Waals surface area contributed by atoms with Crippen LogP contribution in [0, 0.1) is 26.8 Å². The SMILES string of the molecule is CC1=[C-]C(C)([Si](c2cccc(C)c2-c2ccccc2)(c2cccc(C)c2-c2ccccc2)c2cccc(C)c2-c2ccccc2)C(C)=C1C.[Cl-].[Cl-].[Cl-].[Ti+4]. The van der Waals surface area contributed by atoms with E-state index in [2.05, 4.69) is 200 Å². The maximum absolute atomic E-state index is 4.26. The maximum Gasteiger partial charge on any atom is 4.00 e. The minimum atomic E-state index is -3.23. The van der Waals surface area contributed by atoms with Crippen LogP contribution in [0.5, 0.6) is 0 Å². The van der Waals surface area contributed by atoms with Crippen LogP contribution < -0.4 is 52.8 Å². The van der Waals surface area contributed by atoms with Gasteiger partial charge in [-0.05, 0) is 86.4 Å². The van der Waals surface area contributed by atoms with E-state index in [1.54, 1.807) is 0 Å². The molecule has 0 heterocycles. The summed E-state index contributed by atoms with van der Waals surface area (Å²) in [5.41, 5.74) is 15.7. The van der Waals surface area contributed by atoms with E-state index in [4.69, 9.17) is 0 Å². The zero-order valence-corrected chi connectivity index (χ0v) is 36.3.